The Hall–Kier alpha value is -4.86. The third-order valence-corrected chi connectivity index (χ3v) is 8.10. The first-order valence-corrected chi connectivity index (χ1v) is 13.7. The van der Waals surface area contributed by atoms with Crippen molar-refractivity contribution in [3.8, 4) is 34.5 Å². The van der Waals surface area contributed by atoms with E-state index in [-0.39, 0.29) is 47.5 Å². The highest BCUT2D eigenvalue weighted by atomic mass is 16.5. The second kappa shape index (κ2) is 10.8. The molecule has 0 spiro atoms. The monoisotopic (exact) mass is 572 g/mol. The summed E-state index contributed by atoms with van der Waals surface area (Å²) in [5.41, 5.74) is 2.84. The third kappa shape index (κ3) is 4.72. The maximum absolute atomic E-state index is 13.9. The van der Waals surface area contributed by atoms with Crippen LogP contribution in [0.25, 0.3) is 11.0 Å². The van der Waals surface area contributed by atoms with E-state index in [4.69, 9.17) is 23.4 Å². The minimum absolute atomic E-state index is 0.0171. The minimum atomic E-state index is -0.348. The number of carbonyl (C=O) groups excluding carboxylic acids is 2. The Morgan fingerprint density at radius 3 is 2.50 bits per heavy atom. The zero-order chi connectivity index (χ0) is 29.5. The standard InChI is InChI=1S/C32H32N2O8/c1-17-20-8-11-25(39-3)31(40-4)30(20)42-29(17)32(37)34-15-21-19-7-10-24(38-2)27(14-19)41-26-13-18(5-9-23(26)35)6-12-28(36)33-22(21)16-34/h5,7-11,13-14,21-22,35H,6,12,15-16H2,1-4H3,(H,33,36)/t21-,22+/m0/s1. The van der Waals surface area contributed by atoms with Crippen molar-refractivity contribution in [1.82, 2.24) is 10.2 Å². The van der Waals surface area contributed by atoms with Crippen LogP contribution in [0, 0.1) is 6.92 Å². The second-order valence-electron chi connectivity index (χ2n) is 10.5. The third-order valence-electron chi connectivity index (χ3n) is 8.10. The smallest absolute Gasteiger partial charge is 0.289 e. The summed E-state index contributed by atoms with van der Waals surface area (Å²) in [6.07, 6.45) is 0.702. The SMILES string of the molecule is COc1ccc2cc1Oc1cc(ccc1O)CCC(=O)N[C@@H]1CN(C(=O)c3oc4c(OC)c(OC)ccc4c3C)C[C@@H]21. The van der Waals surface area contributed by atoms with Crippen LogP contribution in [0.1, 0.15) is 39.6 Å². The molecule has 2 aliphatic heterocycles. The topological polar surface area (TPSA) is 120 Å². The van der Waals surface area contributed by atoms with Gasteiger partial charge in [0.05, 0.1) is 27.4 Å². The van der Waals surface area contributed by atoms with E-state index in [9.17, 15) is 14.7 Å². The van der Waals surface area contributed by atoms with Crippen LogP contribution in [-0.4, -0.2) is 62.3 Å². The summed E-state index contributed by atoms with van der Waals surface area (Å²) < 4.78 is 28.7. The number of ether oxygens (including phenoxy) is 4. The molecule has 0 saturated carbocycles. The fraction of sp³-hybridized carbons (Fsp3) is 0.312. The highest BCUT2D eigenvalue weighted by Crippen LogP contribution is 2.42. The molecule has 3 aromatic carbocycles. The number of methoxy groups -OCH3 is 3. The predicted octanol–water partition coefficient (Wildman–Crippen LogP) is 4.94. The van der Waals surface area contributed by atoms with Crippen LogP contribution in [0.15, 0.2) is 52.9 Å². The van der Waals surface area contributed by atoms with Crippen molar-refractivity contribution < 1.29 is 38.1 Å². The lowest BCUT2D eigenvalue weighted by atomic mass is 9.93. The fourth-order valence-corrected chi connectivity index (χ4v) is 5.85. The minimum Gasteiger partial charge on any atom is -0.504 e. The maximum atomic E-state index is 13.9. The molecule has 2 atom stereocenters. The summed E-state index contributed by atoms with van der Waals surface area (Å²) >= 11 is 0. The predicted molar refractivity (Wildman–Crippen MR) is 154 cm³/mol. The van der Waals surface area contributed by atoms with E-state index < -0.39 is 0 Å². The number of nitrogens with zero attached hydrogens (tertiary/aromatic N) is 1. The molecular weight excluding hydrogens is 540 g/mol. The van der Waals surface area contributed by atoms with Gasteiger partial charge >= 0.3 is 0 Å². The molecule has 42 heavy (non-hydrogen) atoms. The van der Waals surface area contributed by atoms with Gasteiger partial charge in [-0.2, -0.15) is 0 Å². The van der Waals surface area contributed by atoms with Gasteiger partial charge in [-0.15, -0.1) is 0 Å². The lowest BCUT2D eigenvalue weighted by molar-refractivity contribution is -0.121. The summed E-state index contributed by atoms with van der Waals surface area (Å²) in [4.78, 5) is 28.7. The van der Waals surface area contributed by atoms with E-state index in [1.54, 1.807) is 49.5 Å². The van der Waals surface area contributed by atoms with Gasteiger partial charge < -0.3 is 38.7 Å². The molecule has 4 aromatic rings. The Labute approximate surface area is 242 Å². The Balaban J connectivity index is 1.37. The number of aryl methyl sites for hydroxylation is 2. The Bertz CT molecular complexity index is 1690. The van der Waals surface area contributed by atoms with Gasteiger partial charge in [-0.25, -0.2) is 0 Å². The van der Waals surface area contributed by atoms with Crippen molar-refractivity contribution in [3.05, 3.63) is 71.0 Å². The van der Waals surface area contributed by atoms with Crippen LogP contribution >= 0.6 is 0 Å². The molecule has 2 aliphatic rings. The number of aromatic hydroxyl groups is 1. The van der Waals surface area contributed by atoms with Gasteiger partial charge in [-0.1, -0.05) is 12.1 Å². The van der Waals surface area contributed by atoms with Gasteiger partial charge in [-0.3, -0.25) is 9.59 Å². The lowest BCUT2D eigenvalue weighted by Gasteiger charge is -2.21. The van der Waals surface area contributed by atoms with Gasteiger partial charge in [0, 0.05) is 36.4 Å². The van der Waals surface area contributed by atoms with Crippen molar-refractivity contribution in [2.75, 3.05) is 34.4 Å². The van der Waals surface area contributed by atoms with E-state index in [0.717, 1.165) is 16.5 Å². The van der Waals surface area contributed by atoms with E-state index in [1.165, 1.54) is 7.11 Å². The summed E-state index contributed by atoms with van der Waals surface area (Å²) in [5.74, 6) is 1.67. The quantitative estimate of drug-likeness (QED) is 0.353. The van der Waals surface area contributed by atoms with E-state index in [1.807, 2.05) is 25.1 Å². The molecule has 3 heterocycles. The normalized spacial score (nSPS) is 18.2. The average Bonchev–Trinajstić information content (AvgIpc) is 3.57. The molecule has 1 saturated heterocycles. The number of benzene rings is 3. The van der Waals surface area contributed by atoms with Crippen LogP contribution in [-0.2, 0) is 11.2 Å². The number of nitrogens with one attached hydrogen (secondary N) is 1. The van der Waals surface area contributed by atoms with Crippen molar-refractivity contribution in [1.29, 1.82) is 0 Å². The molecule has 1 aromatic heterocycles. The molecule has 4 bridgehead atoms. The Morgan fingerprint density at radius 1 is 0.952 bits per heavy atom. The number of hydrogen-bond acceptors (Lipinski definition) is 8. The first kappa shape index (κ1) is 27.3. The largest absolute Gasteiger partial charge is 0.504 e. The highest BCUT2D eigenvalue weighted by molar-refractivity contribution is 6.01. The zero-order valence-electron chi connectivity index (χ0n) is 23.9. The van der Waals surface area contributed by atoms with Crippen molar-refractivity contribution in [3.63, 3.8) is 0 Å². The van der Waals surface area contributed by atoms with Crippen LogP contribution < -0.4 is 24.3 Å². The zero-order valence-corrected chi connectivity index (χ0v) is 23.9. The molecule has 0 aliphatic carbocycles. The Kier molecular flexibility index (Phi) is 7.06. The number of fused-ring (bicyclic) bond motifs is 7. The molecule has 2 amide bonds. The number of furan rings is 1. The first-order valence-electron chi connectivity index (χ1n) is 13.7. The van der Waals surface area contributed by atoms with Gasteiger partial charge in [0.25, 0.3) is 5.91 Å². The average molecular weight is 573 g/mol. The fourth-order valence-electron chi connectivity index (χ4n) is 5.85. The van der Waals surface area contributed by atoms with Crippen molar-refractivity contribution in [2.24, 2.45) is 0 Å². The summed E-state index contributed by atoms with van der Waals surface area (Å²) in [5, 5.41) is 14.4. The molecule has 1 fully saturated rings. The van der Waals surface area contributed by atoms with Crippen molar-refractivity contribution >= 4 is 22.8 Å². The van der Waals surface area contributed by atoms with E-state index in [0.29, 0.717) is 53.7 Å². The molecule has 218 valence electrons. The number of hydrogen-bond donors (Lipinski definition) is 2. The number of amides is 2. The van der Waals surface area contributed by atoms with E-state index in [2.05, 4.69) is 5.32 Å². The number of phenols is 1. The molecule has 10 nitrogen and oxygen atoms in total. The summed E-state index contributed by atoms with van der Waals surface area (Å²) in [6.45, 7) is 2.47. The maximum Gasteiger partial charge on any atom is 0.289 e. The summed E-state index contributed by atoms with van der Waals surface area (Å²) in [6, 6.07) is 13.9. The van der Waals surface area contributed by atoms with Crippen LogP contribution in [0.2, 0.25) is 0 Å². The van der Waals surface area contributed by atoms with Gasteiger partial charge in [0.1, 0.15) is 0 Å². The van der Waals surface area contributed by atoms with Crippen molar-refractivity contribution in [2.45, 2.75) is 31.7 Å². The molecule has 10 heteroatoms. The molecule has 0 unspecified atom stereocenters. The summed E-state index contributed by atoms with van der Waals surface area (Å²) in [7, 11) is 4.62. The Morgan fingerprint density at radius 2 is 1.74 bits per heavy atom. The number of carbonyl (C=O) groups is 2. The molecular formula is C32H32N2O8. The molecule has 2 N–H and O–H groups in total. The van der Waals surface area contributed by atoms with E-state index >= 15 is 0 Å². The number of phenolic OH excluding ortho intramolecular Hbond substituents is 1. The molecule has 6 rings (SSSR count). The lowest BCUT2D eigenvalue weighted by Crippen LogP contribution is -2.40. The molecule has 0 radical (unpaired) electrons. The van der Waals surface area contributed by atoms with Gasteiger partial charge in [-0.05, 0) is 60.9 Å². The highest BCUT2D eigenvalue weighted by Gasteiger charge is 2.39. The van der Waals surface area contributed by atoms with Crippen LogP contribution in [0.5, 0.6) is 34.5 Å². The van der Waals surface area contributed by atoms with Crippen LogP contribution in [0.4, 0.5) is 0 Å². The van der Waals surface area contributed by atoms with Gasteiger partial charge in [0.2, 0.25) is 11.7 Å². The number of rotatable bonds is 4. The first-order chi connectivity index (χ1) is 20.3. The number of likely N-dealkylation sites (tertiary alicyclic amines) is 1. The van der Waals surface area contributed by atoms with Gasteiger partial charge in [0.15, 0.2) is 40.1 Å². The second-order valence-corrected chi connectivity index (χ2v) is 10.5. The van der Waals surface area contributed by atoms with Crippen LogP contribution in [0.3, 0.4) is 0 Å².